The zero-order chi connectivity index (χ0) is 12.5. The molecule has 1 aliphatic carbocycles. The molecular formula is C11H23N3O2S. The lowest BCUT2D eigenvalue weighted by molar-refractivity contribution is 0.201. The van der Waals surface area contributed by atoms with Gasteiger partial charge in [-0.2, -0.15) is 17.0 Å². The molecule has 0 radical (unpaired) electrons. The van der Waals surface area contributed by atoms with Gasteiger partial charge in [-0.25, -0.2) is 0 Å². The Kier molecular flexibility index (Phi) is 4.07. The number of hydrogen-bond acceptors (Lipinski definition) is 3. The van der Waals surface area contributed by atoms with Crippen LogP contribution >= 0.6 is 0 Å². The van der Waals surface area contributed by atoms with E-state index in [1.807, 2.05) is 0 Å². The molecule has 0 aromatic carbocycles. The lowest BCUT2D eigenvalue weighted by Gasteiger charge is -2.41. The minimum atomic E-state index is -3.30. The molecular weight excluding hydrogens is 238 g/mol. The third-order valence-corrected chi connectivity index (χ3v) is 6.19. The van der Waals surface area contributed by atoms with Crippen LogP contribution in [0.4, 0.5) is 0 Å². The van der Waals surface area contributed by atoms with Gasteiger partial charge in [-0.15, -0.1) is 0 Å². The molecule has 2 rings (SSSR count). The van der Waals surface area contributed by atoms with Crippen molar-refractivity contribution >= 4 is 10.2 Å². The molecule has 0 aromatic rings. The Balaban J connectivity index is 2.11. The first kappa shape index (κ1) is 13.3. The summed E-state index contributed by atoms with van der Waals surface area (Å²) in [4.78, 5) is 0. The summed E-state index contributed by atoms with van der Waals surface area (Å²) in [5.74, 6) is 0. The van der Waals surface area contributed by atoms with E-state index in [1.165, 1.54) is 0 Å². The van der Waals surface area contributed by atoms with Crippen LogP contribution in [0.3, 0.4) is 0 Å². The smallest absolute Gasteiger partial charge is 0.282 e. The van der Waals surface area contributed by atoms with Crippen LogP contribution in [0.25, 0.3) is 0 Å². The fourth-order valence-corrected chi connectivity index (χ4v) is 4.46. The summed E-state index contributed by atoms with van der Waals surface area (Å²) < 4.78 is 28.2. The van der Waals surface area contributed by atoms with Gasteiger partial charge in [-0.1, -0.05) is 12.8 Å². The summed E-state index contributed by atoms with van der Waals surface area (Å²) in [7, 11) is -1.59. The lowest BCUT2D eigenvalue weighted by Crippen LogP contribution is -2.55. The summed E-state index contributed by atoms with van der Waals surface area (Å²) in [5.41, 5.74) is 5.69. The molecule has 1 heterocycles. The Labute approximate surface area is 104 Å². The first-order valence-corrected chi connectivity index (χ1v) is 7.92. The predicted molar refractivity (Wildman–Crippen MR) is 67.7 cm³/mol. The molecule has 1 aliphatic heterocycles. The van der Waals surface area contributed by atoms with Crippen LogP contribution < -0.4 is 5.73 Å². The molecule has 6 heteroatoms. The van der Waals surface area contributed by atoms with E-state index in [1.54, 1.807) is 15.7 Å². The number of rotatable bonds is 4. The van der Waals surface area contributed by atoms with Gasteiger partial charge in [0.25, 0.3) is 10.2 Å². The Morgan fingerprint density at radius 3 is 2.47 bits per heavy atom. The maximum atomic E-state index is 12.5. The summed E-state index contributed by atoms with van der Waals surface area (Å²) in [5, 5.41) is 0. The Morgan fingerprint density at radius 2 is 1.94 bits per heavy atom. The lowest BCUT2D eigenvalue weighted by atomic mass is 9.94. The zero-order valence-electron chi connectivity index (χ0n) is 10.5. The zero-order valence-corrected chi connectivity index (χ0v) is 11.3. The number of piperidine rings is 1. The molecule has 1 saturated heterocycles. The Bertz CT molecular complexity index is 354. The molecule has 0 spiro atoms. The van der Waals surface area contributed by atoms with Crippen molar-refractivity contribution in [3.8, 4) is 0 Å². The number of hydrogen-bond donors (Lipinski definition) is 1. The minimum absolute atomic E-state index is 0.00345. The maximum Gasteiger partial charge on any atom is 0.282 e. The second-order valence-electron chi connectivity index (χ2n) is 5.10. The van der Waals surface area contributed by atoms with E-state index in [9.17, 15) is 8.42 Å². The average Bonchev–Trinajstić information content (AvgIpc) is 2.26. The highest BCUT2D eigenvalue weighted by molar-refractivity contribution is 7.86. The highest BCUT2D eigenvalue weighted by Crippen LogP contribution is 2.29. The fraction of sp³-hybridized carbons (Fsp3) is 1.00. The predicted octanol–water partition coefficient (Wildman–Crippen LogP) is 0.529. The van der Waals surface area contributed by atoms with Crippen molar-refractivity contribution in [1.29, 1.82) is 0 Å². The summed E-state index contributed by atoms with van der Waals surface area (Å²) in [6.07, 6.45) is 6.07. The standard InChI is InChI=1S/C11H23N3O2S/c1-13(10-6-4-7-10)17(15,16)14-8-3-2-5-11(14)9-12/h10-11H,2-9,12H2,1H3. The topological polar surface area (TPSA) is 66.6 Å². The van der Waals surface area contributed by atoms with E-state index in [2.05, 4.69) is 0 Å². The van der Waals surface area contributed by atoms with E-state index in [4.69, 9.17) is 5.73 Å². The van der Waals surface area contributed by atoms with Gasteiger partial charge in [0.1, 0.15) is 0 Å². The second-order valence-corrected chi connectivity index (χ2v) is 7.05. The SMILES string of the molecule is CN(C1CCC1)S(=O)(=O)N1CCCCC1CN. The van der Waals surface area contributed by atoms with Gasteiger partial charge < -0.3 is 5.73 Å². The van der Waals surface area contributed by atoms with Crippen molar-refractivity contribution < 1.29 is 8.42 Å². The molecule has 2 aliphatic rings. The van der Waals surface area contributed by atoms with Crippen molar-refractivity contribution in [2.24, 2.45) is 5.73 Å². The van der Waals surface area contributed by atoms with Crippen LogP contribution in [0, 0.1) is 0 Å². The van der Waals surface area contributed by atoms with Gasteiger partial charge in [0.15, 0.2) is 0 Å². The van der Waals surface area contributed by atoms with Crippen molar-refractivity contribution in [3.63, 3.8) is 0 Å². The van der Waals surface area contributed by atoms with Crippen molar-refractivity contribution in [3.05, 3.63) is 0 Å². The first-order chi connectivity index (χ1) is 8.07. The molecule has 5 nitrogen and oxygen atoms in total. The molecule has 1 saturated carbocycles. The highest BCUT2D eigenvalue weighted by Gasteiger charge is 2.38. The third kappa shape index (κ3) is 2.50. The van der Waals surface area contributed by atoms with Crippen LogP contribution in [0.2, 0.25) is 0 Å². The quantitative estimate of drug-likeness (QED) is 0.802. The molecule has 0 bridgehead atoms. The van der Waals surface area contributed by atoms with E-state index in [0.29, 0.717) is 13.1 Å². The van der Waals surface area contributed by atoms with Crippen LogP contribution in [-0.4, -0.2) is 49.2 Å². The molecule has 17 heavy (non-hydrogen) atoms. The van der Waals surface area contributed by atoms with Gasteiger partial charge in [0.05, 0.1) is 0 Å². The third-order valence-electron chi connectivity index (χ3n) is 4.09. The van der Waals surface area contributed by atoms with Gasteiger partial charge in [0.2, 0.25) is 0 Å². The van der Waals surface area contributed by atoms with E-state index in [0.717, 1.165) is 38.5 Å². The largest absolute Gasteiger partial charge is 0.329 e. The van der Waals surface area contributed by atoms with Crippen LogP contribution in [0.15, 0.2) is 0 Å². The van der Waals surface area contributed by atoms with E-state index in [-0.39, 0.29) is 12.1 Å². The van der Waals surface area contributed by atoms with Crippen molar-refractivity contribution in [2.45, 2.75) is 50.6 Å². The van der Waals surface area contributed by atoms with Gasteiger partial charge >= 0.3 is 0 Å². The van der Waals surface area contributed by atoms with Crippen molar-refractivity contribution in [2.75, 3.05) is 20.1 Å². The molecule has 2 fully saturated rings. The first-order valence-electron chi connectivity index (χ1n) is 6.52. The van der Waals surface area contributed by atoms with E-state index < -0.39 is 10.2 Å². The van der Waals surface area contributed by atoms with Crippen LogP contribution in [0.1, 0.15) is 38.5 Å². The monoisotopic (exact) mass is 261 g/mol. The average molecular weight is 261 g/mol. The molecule has 2 N–H and O–H groups in total. The Hall–Kier alpha value is -0.170. The fourth-order valence-electron chi connectivity index (χ4n) is 2.62. The van der Waals surface area contributed by atoms with Crippen LogP contribution in [0.5, 0.6) is 0 Å². The normalized spacial score (nSPS) is 28.3. The summed E-state index contributed by atoms with van der Waals surface area (Å²) in [6, 6.07) is 0.205. The van der Waals surface area contributed by atoms with Gasteiger partial charge in [-0.3, -0.25) is 0 Å². The van der Waals surface area contributed by atoms with E-state index >= 15 is 0 Å². The molecule has 1 atom stereocenters. The molecule has 100 valence electrons. The Morgan fingerprint density at radius 1 is 1.24 bits per heavy atom. The summed E-state index contributed by atoms with van der Waals surface area (Å²) >= 11 is 0. The molecule has 0 amide bonds. The number of nitrogens with zero attached hydrogens (tertiary/aromatic N) is 2. The maximum absolute atomic E-state index is 12.5. The van der Waals surface area contributed by atoms with Crippen molar-refractivity contribution in [1.82, 2.24) is 8.61 Å². The number of nitrogens with two attached hydrogens (primary N) is 1. The van der Waals surface area contributed by atoms with Gasteiger partial charge in [-0.05, 0) is 25.7 Å². The van der Waals surface area contributed by atoms with Gasteiger partial charge in [0, 0.05) is 32.2 Å². The molecule has 1 unspecified atom stereocenters. The summed E-state index contributed by atoms with van der Waals surface area (Å²) in [6.45, 7) is 1.05. The second kappa shape index (κ2) is 5.22. The minimum Gasteiger partial charge on any atom is -0.329 e. The van der Waals surface area contributed by atoms with Crippen LogP contribution in [-0.2, 0) is 10.2 Å². The highest BCUT2D eigenvalue weighted by atomic mass is 32.2. The molecule has 0 aromatic heterocycles.